The molecule has 1 nitrogen and oxygen atoms in total. The summed E-state index contributed by atoms with van der Waals surface area (Å²) in [5.41, 5.74) is 1.32. The molecule has 0 saturated carbocycles. The highest BCUT2D eigenvalue weighted by Crippen LogP contribution is 2.40. The van der Waals surface area contributed by atoms with E-state index in [1.807, 2.05) is 18.5 Å². The van der Waals surface area contributed by atoms with E-state index in [0.717, 1.165) is 0 Å². The Bertz CT molecular complexity index is 281. The number of hydrogen-bond donors (Lipinski definition) is 0. The Labute approximate surface area is 94.2 Å². The van der Waals surface area contributed by atoms with Crippen LogP contribution in [0, 0.1) is 5.41 Å². The van der Waals surface area contributed by atoms with Crippen molar-refractivity contribution in [2.75, 3.05) is 0 Å². The van der Waals surface area contributed by atoms with Crippen molar-refractivity contribution in [2.24, 2.45) is 10.4 Å². The van der Waals surface area contributed by atoms with Crippen molar-refractivity contribution in [3.8, 4) is 0 Å². The molecule has 0 aromatic carbocycles. The molecule has 0 aromatic heterocycles. The molecule has 1 heterocycles. The van der Waals surface area contributed by atoms with Crippen LogP contribution in [0.2, 0.25) is 0 Å². The van der Waals surface area contributed by atoms with Crippen molar-refractivity contribution in [2.45, 2.75) is 31.1 Å². The SMILES string of the molecule is CC1=C[C@](C)(C(C)(C)I)C=NC=C1. The summed E-state index contributed by atoms with van der Waals surface area (Å²) in [6.07, 6.45) is 8.22. The zero-order valence-electron chi connectivity index (χ0n) is 8.63. The fraction of sp³-hybridized carbons (Fsp3) is 0.545. The fourth-order valence-electron chi connectivity index (χ4n) is 1.24. The topological polar surface area (TPSA) is 12.4 Å². The summed E-state index contributed by atoms with van der Waals surface area (Å²) in [4.78, 5) is 4.28. The maximum Gasteiger partial charge on any atom is 0.0353 e. The zero-order chi connectivity index (χ0) is 10.1. The summed E-state index contributed by atoms with van der Waals surface area (Å²) in [6, 6.07) is 0. The monoisotopic (exact) mass is 289 g/mol. The molecule has 1 rings (SSSR count). The van der Waals surface area contributed by atoms with E-state index in [-0.39, 0.29) is 8.84 Å². The second-order valence-electron chi connectivity index (χ2n) is 4.24. The van der Waals surface area contributed by atoms with Crippen molar-refractivity contribution in [1.82, 2.24) is 0 Å². The Morgan fingerprint density at radius 1 is 1.46 bits per heavy atom. The summed E-state index contributed by atoms with van der Waals surface area (Å²) in [7, 11) is 0. The molecule has 0 fully saturated rings. The minimum atomic E-state index is 0.0428. The second-order valence-corrected chi connectivity index (χ2v) is 6.93. The van der Waals surface area contributed by atoms with Crippen LogP contribution in [0.1, 0.15) is 27.7 Å². The number of aliphatic imine (C=N–C) groups is 1. The van der Waals surface area contributed by atoms with Crippen LogP contribution in [0.3, 0.4) is 0 Å². The van der Waals surface area contributed by atoms with Gasteiger partial charge in [0.15, 0.2) is 0 Å². The van der Waals surface area contributed by atoms with Crippen molar-refractivity contribution in [1.29, 1.82) is 0 Å². The van der Waals surface area contributed by atoms with Gasteiger partial charge in [0, 0.05) is 21.3 Å². The Morgan fingerprint density at radius 2 is 2.08 bits per heavy atom. The van der Waals surface area contributed by atoms with Crippen LogP contribution in [0.4, 0.5) is 0 Å². The molecule has 0 aromatic rings. The molecule has 13 heavy (non-hydrogen) atoms. The van der Waals surface area contributed by atoms with Gasteiger partial charge < -0.3 is 0 Å². The van der Waals surface area contributed by atoms with Crippen molar-refractivity contribution < 1.29 is 0 Å². The molecule has 0 spiro atoms. The van der Waals surface area contributed by atoms with Crippen LogP contribution in [0.25, 0.3) is 0 Å². The standard InChI is InChI=1S/C11H16IN/c1-9-5-6-13-8-11(4,7-9)10(2,3)12/h5-8H,1-4H3/t11-/m0/s1. The fourth-order valence-corrected chi connectivity index (χ4v) is 1.54. The Morgan fingerprint density at radius 3 is 2.62 bits per heavy atom. The predicted octanol–water partition coefficient (Wildman–Crippen LogP) is 3.75. The molecule has 72 valence electrons. The van der Waals surface area contributed by atoms with Crippen LogP contribution in [-0.4, -0.2) is 9.64 Å². The van der Waals surface area contributed by atoms with E-state index >= 15 is 0 Å². The van der Waals surface area contributed by atoms with Gasteiger partial charge in [0.2, 0.25) is 0 Å². The summed E-state index contributed by atoms with van der Waals surface area (Å²) in [5, 5.41) is 0. The first-order valence-corrected chi connectivity index (χ1v) is 5.52. The number of nitrogens with zero attached hydrogens (tertiary/aromatic N) is 1. The van der Waals surface area contributed by atoms with Crippen LogP contribution in [-0.2, 0) is 0 Å². The van der Waals surface area contributed by atoms with Gasteiger partial charge in [-0.05, 0) is 33.8 Å². The normalized spacial score (nSPS) is 28.5. The van der Waals surface area contributed by atoms with Crippen LogP contribution in [0.15, 0.2) is 28.9 Å². The second kappa shape index (κ2) is 3.56. The van der Waals surface area contributed by atoms with E-state index in [9.17, 15) is 0 Å². The number of rotatable bonds is 1. The molecule has 0 amide bonds. The molecular formula is C11H16IN. The highest BCUT2D eigenvalue weighted by atomic mass is 127. The zero-order valence-corrected chi connectivity index (χ0v) is 10.8. The summed E-state index contributed by atoms with van der Waals surface area (Å²) < 4.78 is 0.182. The van der Waals surface area contributed by atoms with Gasteiger partial charge in [-0.2, -0.15) is 0 Å². The lowest BCUT2D eigenvalue weighted by Gasteiger charge is -2.34. The molecule has 0 N–H and O–H groups in total. The number of halogens is 1. The van der Waals surface area contributed by atoms with Gasteiger partial charge in [-0.25, -0.2) is 0 Å². The highest BCUT2D eigenvalue weighted by molar-refractivity contribution is 14.1. The van der Waals surface area contributed by atoms with E-state index in [1.165, 1.54) is 5.57 Å². The van der Waals surface area contributed by atoms with E-state index in [0.29, 0.717) is 0 Å². The van der Waals surface area contributed by atoms with Gasteiger partial charge in [-0.3, -0.25) is 4.99 Å². The third-order valence-corrected chi connectivity index (χ3v) is 3.74. The van der Waals surface area contributed by atoms with Gasteiger partial charge in [-0.1, -0.05) is 34.2 Å². The Kier molecular flexibility index (Phi) is 3.00. The average molecular weight is 289 g/mol. The number of allylic oxidation sites excluding steroid dienone is 3. The summed E-state index contributed by atoms with van der Waals surface area (Å²) in [5.74, 6) is 0. The molecule has 0 aliphatic carbocycles. The first kappa shape index (κ1) is 11.0. The molecule has 0 unspecified atom stereocenters. The quantitative estimate of drug-likeness (QED) is 0.515. The van der Waals surface area contributed by atoms with Crippen molar-refractivity contribution >= 4 is 28.8 Å². The first-order chi connectivity index (χ1) is 5.85. The van der Waals surface area contributed by atoms with Crippen LogP contribution >= 0.6 is 22.6 Å². The summed E-state index contributed by atoms with van der Waals surface area (Å²) >= 11 is 2.48. The minimum Gasteiger partial charge on any atom is -0.268 e. The minimum absolute atomic E-state index is 0.0428. The largest absolute Gasteiger partial charge is 0.268 e. The molecule has 0 bridgehead atoms. The molecule has 1 aliphatic heterocycles. The van der Waals surface area contributed by atoms with Crippen LogP contribution < -0.4 is 0 Å². The van der Waals surface area contributed by atoms with Crippen molar-refractivity contribution in [3.63, 3.8) is 0 Å². The molecule has 1 aliphatic rings. The molecular weight excluding hydrogens is 273 g/mol. The molecule has 2 heteroatoms. The van der Waals surface area contributed by atoms with Gasteiger partial charge in [0.25, 0.3) is 0 Å². The lowest BCUT2D eigenvalue weighted by atomic mass is 9.79. The number of alkyl halides is 1. The third kappa shape index (κ3) is 2.42. The number of hydrogen-bond acceptors (Lipinski definition) is 1. The maximum absolute atomic E-state index is 4.28. The van der Waals surface area contributed by atoms with Crippen LogP contribution in [0.5, 0.6) is 0 Å². The predicted molar refractivity (Wildman–Crippen MR) is 67.6 cm³/mol. The summed E-state index contributed by atoms with van der Waals surface area (Å²) in [6.45, 7) is 8.80. The van der Waals surface area contributed by atoms with Gasteiger partial charge in [-0.15, -0.1) is 0 Å². The van der Waals surface area contributed by atoms with E-state index in [4.69, 9.17) is 0 Å². The van der Waals surface area contributed by atoms with E-state index in [2.05, 4.69) is 61.4 Å². The third-order valence-electron chi connectivity index (χ3n) is 2.57. The lowest BCUT2D eigenvalue weighted by Crippen LogP contribution is -2.35. The van der Waals surface area contributed by atoms with E-state index in [1.54, 1.807) is 0 Å². The molecule has 0 radical (unpaired) electrons. The molecule has 0 saturated heterocycles. The smallest absolute Gasteiger partial charge is 0.0353 e. The van der Waals surface area contributed by atoms with Gasteiger partial charge >= 0.3 is 0 Å². The van der Waals surface area contributed by atoms with Gasteiger partial charge in [0.05, 0.1) is 0 Å². The van der Waals surface area contributed by atoms with Crippen molar-refractivity contribution in [3.05, 3.63) is 23.9 Å². The Balaban J connectivity index is 3.11. The van der Waals surface area contributed by atoms with E-state index < -0.39 is 0 Å². The average Bonchev–Trinajstić information content (AvgIpc) is 2.10. The Hall–Kier alpha value is -0.120. The van der Waals surface area contributed by atoms with Gasteiger partial charge in [0.1, 0.15) is 0 Å². The highest BCUT2D eigenvalue weighted by Gasteiger charge is 2.35. The molecule has 1 atom stereocenters. The lowest BCUT2D eigenvalue weighted by molar-refractivity contribution is 0.491. The maximum atomic E-state index is 4.28. The first-order valence-electron chi connectivity index (χ1n) is 4.44.